The molecule has 2 heterocycles. The highest BCUT2D eigenvalue weighted by atomic mass is 19.2. The summed E-state index contributed by atoms with van der Waals surface area (Å²) in [5.41, 5.74) is -0.748. The van der Waals surface area contributed by atoms with Gasteiger partial charge < -0.3 is 30.7 Å². The molecule has 4 rings (SSSR count). The molecule has 0 aromatic heterocycles. The molecule has 224 valence electrons. The number of piperidine rings is 1. The molecule has 1 aromatic rings. The minimum absolute atomic E-state index is 0.00944. The zero-order valence-corrected chi connectivity index (χ0v) is 23.4. The van der Waals surface area contributed by atoms with E-state index in [2.05, 4.69) is 27.3 Å². The summed E-state index contributed by atoms with van der Waals surface area (Å²) in [5.74, 6) is -3.22. The first-order valence-electron chi connectivity index (χ1n) is 13.6. The van der Waals surface area contributed by atoms with Crippen LogP contribution < -0.4 is 21.3 Å². The molecule has 4 atom stereocenters. The van der Waals surface area contributed by atoms with Gasteiger partial charge in [-0.05, 0) is 43.5 Å². The number of imide groups is 1. The fourth-order valence-corrected chi connectivity index (χ4v) is 5.56. The van der Waals surface area contributed by atoms with E-state index in [-0.39, 0.29) is 42.1 Å². The van der Waals surface area contributed by atoms with Crippen LogP contribution in [0.5, 0.6) is 0 Å². The van der Waals surface area contributed by atoms with E-state index >= 15 is 0 Å². The second kappa shape index (κ2) is 13.7. The topological polar surface area (TPSA) is 145 Å². The highest BCUT2D eigenvalue weighted by Gasteiger charge is 2.43. The van der Waals surface area contributed by atoms with Gasteiger partial charge in [0.05, 0.1) is 36.5 Å². The third-order valence-corrected chi connectivity index (χ3v) is 7.67. The van der Waals surface area contributed by atoms with E-state index in [0.717, 1.165) is 37.1 Å². The third kappa shape index (κ3) is 6.51. The van der Waals surface area contributed by atoms with E-state index in [9.17, 15) is 28.4 Å². The van der Waals surface area contributed by atoms with Crippen LogP contribution in [0.4, 0.5) is 18.4 Å². The number of hydrogen-bond donors (Lipinski definition) is 4. The Bertz CT molecular complexity index is 1340. The maximum Gasteiger partial charge on any atom is 0.338 e. The normalized spacial score (nSPS) is 25.5. The van der Waals surface area contributed by atoms with Crippen LogP contribution in [0.15, 0.2) is 53.8 Å². The van der Waals surface area contributed by atoms with Crippen molar-refractivity contribution >= 4 is 18.0 Å². The predicted octanol–water partition coefficient (Wildman–Crippen LogP) is 2.55. The van der Waals surface area contributed by atoms with Crippen LogP contribution in [-0.2, 0) is 14.3 Å². The molecular weight excluding hydrogens is 550 g/mol. The Morgan fingerprint density at radius 3 is 2.69 bits per heavy atom. The Balaban J connectivity index is 1.46. The van der Waals surface area contributed by atoms with E-state index in [1.165, 1.54) is 13.2 Å². The number of ether oxygens (including phenoxy) is 2. The quantitative estimate of drug-likeness (QED) is 0.256. The largest absolute Gasteiger partial charge is 0.466 e. The van der Waals surface area contributed by atoms with E-state index in [4.69, 9.17) is 9.47 Å². The highest BCUT2D eigenvalue weighted by molar-refractivity contribution is 6.01. The van der Waals surface area contributed by atoms with E-state index in [1.54, 1.807) is 0 Å². The SMILES string of the molecule is COCC1=C(C(=O)OC)[C@H](c2ccc(F)c(F)c2)N(C(=O)NCCNC2CCNC(C3(C#N)C=CC=CC3)C2)C(=O)N1. The van der Waals surface area contributed by atoms with Gasteiger partial charge in [0.2, 0.25) is 0 Å². The van der Waals surface area contributed by atoms with Gasteiger partial charge in [0.15, 0.2) is 11.6 Å². The molecule has 42 heavy (non-hydrogen) atoms. The van der Waals surface area contributed by atoms with Crippen molar-refractivity contribution in [2.24, 2.45) is 5.41 Å². The summed E-state index contributed by atoms with van der Waals surface area (Å²) < 4.78 is 38.0. The molecule has 0 saturated carbocycles. The van der Waals surface area contributed by atoms with Crippen LogP contribution in [0.2, 0.25) is 0 Å². The average molecular weight is 585 g/mol. The lowest BCUT2D eigenvalue weighted by atomic mass is 9.72. The molecule has 0 spiro atoms. The summed E-state index contributed by atoms with van der Waals surface area (Å²) in [6.45, 7) is 1.01. The minimum atomic E-state index is -1.41. The van der Waals surface area contributed by atoms with Crippen molar-refractivity contribution in [2.45, 2.75) is 37.4 Å². The standard InChI is InChI=1S/C29H34F2N6O5/c1-41-16-22-24(26(38)42-2)25(18-6-7-20(30)21(31)14-18)37(28(40)36-22)27(39)35-13-12-33-19-8-11-34-23(15-19)29(17-32)9-4-3-5-10-29/h3-7,9,14,19,23,25,33-34H,8,10-13,15-16H2,1-2H3,(H,35,39)(H,36,40)/t19?,23?,25-,29?/m0/s1. The lowest BCUT2D eigenvalue weighted by molar-refractivity contribution is -0.137. The van der Waals surface area contributed by atoms with Gasteiger partial charge in [-0.1, -0.05) is 30.4 Å². The van der Waals surface area contributed by atoms with Crippen molar-refractivity contribution in [3.8, 4) is 6.07 Å². The summed E-state index contributed by atoms with van der Waals surface area (Å²) in [7, 11) is 2.47. The lowest BCUT2D eigenvalue weighted by Gasteiger charge is -2.40. The molecule has 1 aliphatic carbocycles. The Kier molecular flexibility index (Phi) is 10.1. The number of carbonyl (C=O) groups excluding carboxylic acids is 3. The molecule has 1 saturated heterocycles. The molecule has 4 amide bonds. The van der Waals surface area contributed by atoms with Gasteiger partial charge in [0.25, 0.3) is 0 Å². The number of urea groups is 2. The maximum atomic E-state index is 14.2. The number of benzene rings is 1. The van der Waals surface area contributed by atoms with Crippen molar-refractivity contribution in [1.82, 2.24) is 26.2 Å². The van der Waals surface area contributed by atoms with E-state index in [1.807, 2.05) is 24.3 Å². The van der Waals surface area contributed by atoms with Gasteiger partial charge in [-0.25, -0.2) is 28.1 Å². The summed E-state index contributed by atoms with van der Waals surface area (Å²) in [5, 5.41) is 21.9. The molecule has 3 unspecified atom stereocenters. The van der Waals surface area contributed by atoms with Gasteiger partial charge >= 0.3 is 18.0 Å². The molecule has 3 aliphatic rings. The van der Waals surface area contributed by atoms with Crippen molar-refractivity contribution in [3.63, 3.8) is 0 Å². The zero-order chi connectivity index (χ0) is 30.3. The Morgan fingerprint density at radius 1 is 1.21 bits per heavy atom. The summed E-state index contributed by atoms with van der Waals surface area (Å²) in [4.78, 5) is 40.0. The monoisotopic (exact) mass is 584 g/mol. The Labute approximate surface area is 242 Å². The number of nitrogens with zero attached hydrogens (tertiary/aromatic N) is 2. The molecule has 2 aliphatic heterocycles. The number of nitriles is 1. The number of rotatable bonds is 9. The number of methoxy groups -OCH3 is 2. The average Bonchev–Trinajstić information content (AvgIpc) is 3.00. The van der Waals surface area contributed by atoms with Gasteiger partial charge in [0, 0.05) is 32.3 Å². The van der Waals surface area contributed by atoms with Crippen molar-refractivity contribution in [1.29, 1.82) is 5.26 Å². The lowest BCUT2D eigenvalue weighted by Crippen LogP contribution is -2.56. The van der Waals surface area contributed by atoms with Crippen LogP contribution in [0.1, 0.15) is 30.9 Å². The van der Waals surface area contributed by atoms with Gasteiger partial charge in [0.1, 0.15) is 6.04 Å². The zero-order valence-electron chi connectivity index (χ0n) is 23.4. The molecule has 13 heteroatoms. The van der Waals surface area contributed by atoms with E-state index < -0.39 is 41.1 Å². The third-order valence-electron chi connectivity index (χ3n) is 7.67. The number of amides is 4. The fraction of sp³-hybridized carbons (Fsp3) is 0.448. The molecule has 0 bridgehead atoms. The number of nitrogens with one attached hydrogen (secondary N) is 4. The van der Waals surface area contributed by atoms with Gasteiger partial charge in [-0.3, -0.25) is 0 Å². The maximum absolute atomic E-state index is 14.2. The number of halogens is 2. The minimum Gasteiger partial charge on any atom is -0.466 e. The van der Waals surface area contributed by atoms with Crippen LogP contribution >= 0.6 is 0 Å². The molecule has 4 N–H and O–H groups in total. The Hall–Kier alpha value is -4.12. The first-order valence-corrected chi connectivity index (χ1v) is 13.6. The molecule has 0 radical (unpaired) electrons. The molecule has 11 nitrogen and oxygen atoms in total. The van der Waals surface area contributed by atoms with Gasteiger partial charge in [-0.15, -0.1) is 0 Å². The number of esters is 1. The van der Waals surface area contributed by atoms with Gasteiger partial charge in [-0.2, -0.15) is 5.26 Å². The second-order valence-corrected chi connectivity index (χ2v) is 10.3. The smallest absolute Gasteiger partial charge is 0.338 e. The highest BCUT2D eigenvalue weighted by Crippen LogP contribution is 2.36. The molecule has 1 aromatic carbocycles. The fourth-order valence-electron chi connectivity index (χ4n) is 5.56. The number of carbonyl (C=O) groups is 3. The van der Waals surface area contributed by atoms with Crippen LogP contribution in [0.25, 0.3) is 0 Å². The summed E-state index contributed by atoms with van der Waals surface area (Å²) in [6.07, 6.45) is 9.92. The van der Waals surface area contributed by atoms with Crippen LogP contribution in [0, 0.1) is 28.4 Å². The van der Waals surface area contributed by atoms with Crippen LogP contribution in [-0.4, -0.2) is 75.5 Å². The summed E-state index contributed by atoms with van der Waals surface area (Å²) >= 11 is 0. The van der Waals surface area contributed by atoms with E-state index in [0.29, 0.717) is 19.4 Å². The predicted molar refractivity (Wildman–Crippen MR) is 148 cm³/mol. The second-order valence-electron chi connectivity index (χ2n) is 10.3. The number of hydrogen-bond acceptors (Lipinski definition) is 8. The number of allylic oxidation sites excluding steroid dienone is 3. The molecular formula is C29H34F2N6O5. The summed E-state index contributed by atoms with van der Waals surface area (Å²) in [6, 6.07) is 2.24. The van der Waals surface area contributed by atoms with Crippen LogP contribution in [0.3, 0.4) is 0 Å². The first-order chi connectivity index (χ1) is 20.2. The first kappa shape index (κ1) is 30.8. The van der Waals surface area contributed by atoms with Crippen molar-refractivity contribution < 1.29 is 32.6 Å². The Morgan fingerprint density at radius 2 is 2.02 bits per heavy atom. The van der Waals surface area contributed by atoms with Crippen molar-refractivity contribution in [3.05, 3.63) is 71.0 Å². The van der Waals surface area contributed by atoms with Crippen molar-refractivity contribution in [2.75, 3.05) is 40.5 Å². The molecule has 1 fully saturated rings.